The van der Waals surface area contributed by atoms with Gasteiger partial charge in [0.25, 0.3) is 0 Å². The summed E-state index contributed by atoms with van der Waals surface area (Å²) in [5.74, 6) is 0.347. The molecule has 0 saturated heterocycles. The van der Waals surface area contributed by atoms with Gasteiger partial charge in [-0.2, -0.15) is 0 Å². The van der Waals surface area contributed by atoms with Crippen LogP contribution in [0.15, 0.2) is 30.5 Å². The zero-order chi connectivity index (χ0) is 14.7. The summed E-state index contributed by atoms with van der Waals surface area (Å²) in [5, 5.41) is 9.72. The van der Waals surface area contributed by atoms with Crippen LogP contribution in [0.25, 0.3) is 0 Å². The van der Waals surface area contributed by atoms with E-state index >= 15 is 0 Å². The van der Waals surface area contributed by atoms with Crippen LogP contribution >= 0.6 is 11.3 Å². The topological polar surface area (TPSA) is 79.5 Å². The molecule has 0 aliphatic heterocycles. The standard InChI is InChI=1S/C14H17N3O2S/c1-9(2)12-7-16-14(20-12)17(13(15)19)11-5-3-4-10(6-11)8-18/h3-7,9,18H,8H2,1-2H3,(H2,15,19). The number of urea groups is 1. The van der Waals surface area contributed by atoms with E-state index in [2.05, 4.69) is 18.8 Å². The second kappa shape index (κ2) is 6.02. The van der Waals surface area contributed by atoms with Crippen molar-refractivity contribution in [3.05, 3.63) is 40.9 Å². The number of primary amides is 1. The first-order chi connectivity index (χ1) is 9.52. The van der Waals surface area contributed by atoms with Crippen molar-refractivity contribution in [2.75, 3.05) is 4.90 Å². The van der Waals surface area contributed by atoms with Gasteiger partial charge >= 0.3 is 6.03 Å². The predicted octanol–water partition coefficient (Wildman–Crippen LogP) is 2.98. The van der Waals surface area contributed by atoms with Crippen LogP contribution in [0.5, 0.6) is 0 Å². The van der Waals surface area contributed by atoms with E-state index in [0.717, 1.165) is 10.4 Å². The lowest BCUT2D eigenvalue weighted by molar-refractivity contribution is 0.256. The number of anilines is 2. The van der Waals surface area contributed by atoms with Gasteiger partial charge in [0.2, 0.25) is 0 Å². The first-order valence-corrected chi connectivity index (χ1v) is 7.09. The smallest absolute Gasteiger partial charge is 0.325 e. The molecule has 1 heterocycles. The number of rotatable bonds is 4. The molecule has 1 aromatic carbocycles. The molecule has 0 fully saturated rings. The lowest BCUT2D eigenvalue weighted by Crippen LogP contribution is -2.31. The van der Waals surface area contributed by atoms with Crippen LogP contribution in [0.4, 0.5) is 15.6 Å². The second-order valence-corrected chi connectivity index (χ2v) is 5.74. The molecule has 2 aromatic rings. The van der Waals surface area contributed by atoms with Crippen LogP contribution in [0.1, 0.15) is 30.2 Å². The fourth-order valence-corrected chi connectivity index (χ4v) is 2.72. The van der Waals surface area contributed by atoms with Crippen molar-refractivity contribution >= 4 is 28.2 Å². The van der Waals surface area contributed by atoms with E-state index in [4.69, 9.17) is 5.73 Å². The summed E-state index contributed by atoms with van der Waals surface area (Å²) in [4.78, 5) is 18.4. The zero-order valence-electron chi connectivity index (χ0n) is 11.4. The summed E-state index contributed by atoms with van der Waals surface area (Å²) in [6.45, 7) is 4.05. The fourth-order valence-electron chi connectivity index (χ4n) is 1.77. The summed E-state index contributed by atoms with van der Waals surface area (Å²) in [6, 6.07) is 6.45. The molecule has 0 radical (unpaired) electrons. The van der Waals surface area contributed by atoms with Gasteiger partial charge in [-0.1, -0.05) is 26.0 Å². The molecule has 0 aliphatic rings. The van der Waals surface area contributed by atoms with Crippen molar-refractivity contribution in [3.63, 3.8) is 0 Å². The number of carbonyl (C=O) groups is 1. The van der Waals surface area contributed by atoms with Crippen LogP contribution in [-0.4, -0.2) is 16.1 Å². The van der Waals surface area contributed by atoms with Crippen LogP contribution in [0.2, 0.25) is 0 Å². The van der Waals surface area contributed by atoms with E-state index < -0.39 is 6.03 Å². The summed E-state index contributed by atoms with van der Waals surface area (Å²) >= 11 is 1.44. The second-order valence-electron chi connectivity index (χ2n) is 4.70. The molecule has 0 aliphatic carbocycles. The third kappa shape index (κ3) is 2.97. The van der Waals surface area contributed by atoms with E-state index in [1.54, 1.807) is 30.5 Å². The van der Waals surface area contributed by atoms with Crippen LogP contribution < -0.4 is 10.6 Å². The number of nitrogens with zero attached hydrogens (tertiary/aromatic N) is 2. The Morgan fingerprint density at radius 2 is 2.25 bits per heavy atom. The van der Waals surface area contributed by atoms with E-state index in [0.29, 0.717) is 16.7 Å². The van der Waals surface area contributed by atoms with Gasteiger partial charge in [-0.25, -0.2) is 14.7 Å². The maximum Gasteiger partial charge on any atom is 0.325 e. The highest BCUT2D eigenvalue weighted by Crippen LogP contribution is 2.32. The Kier molecular flexibility index (Phi) is 4.36. The largest absolute Gasteiger partial charge is 0.392 e. The van der Waals surface area contributed by atoms with Gasteiger partial charge < -0.3 is 10.8 Å². The third-order valence-electron chi connectivity index (χ3n) is 2.84. The van der Waals surface area contributed by atoms with Crippen LogP contribution in [0.3, 0.4) is 0 Å². The lowest BCUT2D eigenvalue weighted by Gasteiger charge is -2.17. The number of benzene rings is 1. The quantitative estimate of drug-likeness (QED) is 0.908. The first-order valence-electron chi connectivity index (χ1n) is 6.28. The third-order valence-corrected chi connectivity index (χ3v) is 4.13. The number of carbonyl (C=O) groups excluding carboxylic acids is 1. The molecular weight excluding hydrogens is 274 g/mol. The molecule has 0 saturated carbocycles. The van der Waals surface area contributed by atoms with Crippen molar-refractivity contribution in [3.8, 4) is 0 Å². The predicted molar refractivity (Wildman–Crippen MR) is 80.3 cm³/mol. The summed E-state index contributed by atoms with van der Waals surface area (Å²) < 4.78 is 0. The number of nitrogens with two attached hydrogens (primary N) is 1. The van der Waals surface area contributed by atoms with Crippen molar-refractivity contribution in [1.82, 2.24) is 4.98 Å². The van der Waals surface area contributed by atoms with Crippen molar-refractivity contribution < 1.29 is 9.90 Å². The minimum Gasteiger partial charge on any atom is -0.392 e. The van der Waals surface area contributed by atoms with Crippen LogP contribution in [0, 0.1) is 0 Å². The molecule has 0 spiro atoms. The van der Waals surface area contributed by atoms with Gasteiger partial charge in [0.1, 0.15) is 0 Å². The van der Waals surface area contributed by atoms with Gasteiger partial charge in [0.05, 0.1) is 12.3 Å². The SMILES string of the molecule is CC(C)c1cnc(N(C(N)=O)c2cccc(CO)c2)s1. The van der Waals surface area contributed by atoms with Crippen molar-refractivity contribution in [2.24, 2.45) is 5.73 Å². The van der Waals surface area contributed by atoms with Crippen molar-refractivity contribution in [1.29, 1.82) is 0 Å². The molecule has 5 nitrogen and oxygen atoms in total. The Balaban J connectivity index is 2.42. The maximum atomic E-state index is 11.7. The highest BCUT2D eigenvalue weighted by Gasteiger charge is 2.19. The van der Waals surface area contributed by atoms with Gasteiger partial charge in [0.15, 0.2) is 5.13 Å². The Morgan fingerprint density at radius 1 is 1.50 bits per heavy atom. The highest BCUT2D eigenvalue weighted by molar-refractivity contribution is 7.15. The molecule has 2 amide bonds. The first kappa shape index (κ1) is 14.5. The van der Waals surface area contributed by atoms with Gasteiger partial charge in [0, 0.05) is 11.1 Å². The Morgan fingerprint density at radius 3 is 2.80 bits per heavy atom. The molecule has 1 aromatic heterocycles. The van der Waals surface area contributed by atoms with Gasteiger partial charge in [-0.15, -0.1) is 11.3 Å². The molecular formula is C14H17N3O2S. The summed E-state index contributed by atoms with van der Waals surface area (Å²) in [7, 11) is 0. The van der Waals surface area contributed by atoms with Gasteiger partial charge in [-0.05, 0) is 23.6 Å². The lowest BCUT2D eigenvalue weighted by atomic mass is 10.2. The number of hydrogen-bond acceptors (Lipinski definition) is 4. The number of aliphatic hydroxyl groups is 1. The Hall–Kier alpha value is -1.92. The summed E-state index contributed by atoms with van der Waals surface area (Å²) in [6.07, 6.45) is 1.76. The monoisotopic (exact) mass is 291 g/mol. The highest BCUT2D eigenvalue weighted by atomic mass is 32.1. The number of amides is 2. The van der Waals surface area contributed by atoms with E-state index in [1.165, 1.54) is 16.2 Å². The molecule has 0 unspecified atom stereocenters. The Bertz CT molecular complexity index is 610. The number of thiazole rings is 1. The minimum atomic E-state index is -0.593. The summed E-state index contributed by atoms with van der Waals surface area (Å²) in [5.41, 5.74) is 6.79. The van der Waals surface area contributed by atoms with Crippen LogP contribution in [-0.2, 0) is 6.61 Å². The van der Waals surface area contributed by atoms with E-state index in [1.807, 2.05) is 0 Å². The molecule has 0 atom stereocenters. The van der Waals surface area contributed by atoms with Crippen molar-refractivity contribution in [2.45, 2.75) is 26.4 Å². The molecule has 106 valence electrons. The maximum absolute atomic E-state index is 11.7. The average molecular weight is 291 g/mol. The molecule has 6 heteroatoms. The average Bonchev–Trinajstić information content (AvgIpc) is 2.88. The molecule has 0 bridgehead atoms. The van der Waals surface area contributed by atoms with Gasteiger partial charge in [-0.3, -0.25) is 0 Å². The molecule has 20 heavy (non-hydrogen) atoms. The Labute approximate surface area is 121 Å². The van der Waals surface area contributed by atoms with E-state index in [-0.39, 0.29) is 6.61 Å². The minimum absolute atomic E-state index is 0.0877. The molecule has 2 rings (SSSR count). The number of aromatic nitrogens is 1. The molecule has 3 N–H and O–H groups in total. The zero-order valence-corrected chi connectivity index (χ0v) is 12.2. The fraction of sp³-hybridized carbons (Fsp3) is 0.286. The normalized spacial score (nSPS) is 10.8. The number of hydrogen-bond donors (Lipinski definition) is 2. The van der Waals surface area contributed by atoms with E-state index in [9.17, 15) is 9.90 Å². The number of aliphatic hydroxyl groups excluding tert-OH is 1.